The first-order chi connectivity index (χ1) is 23.1. The Bertz CT molecular complexity index is 1510. The molecule has 0 saturated heterocycles. The summed E-state index contributed by atoms with van der Waals surface area (Å²) in [5.41, 5.74) is -1.50. The summed E-state index contributed by atoms with van der Waals surface area (Å²) in [5.74, 6) is -2.83. The van der Waals surface area contributed by atoms with Crippen LogP contribution in [0.4, 0.5) is 4.79 Å². The molecule has 5 aliphatic carbocycles. The third kappa shape index (κ3) is 6.20. The summed E-state index contributed by atoms with van der Waals surface area (Å²) in [5, 5.41) is 2.35. The van der Waals surface area contributed by atoms with Crippen molar-refractivity contribution in [2.75, 3.05) is 13.2 Å². The lowest BCUT2D eigenvalue weighted by Crippen LogP contribution is -2.57. The summed E-state index contributed by atoms with van der Waals surface area (Å²) in [4.78, 5) is 76.6. The fourth-order valence-electron chi connectivity index (χ4n) is 11.0. The largest absolute Gasteiger partial charge is 0.464 e. The molecule has 0 aliphatic heterocycles. The molecule has 5 rings (SSSR count). The van der Waals surface area contributed by atoms with E-state index in [-0.39, 0.29) is 46.0 Å². The minimum Gasteiger partial charge on any atom is -0.464 e. The van der Waals surface area contributed by atoms with Gasteiger partial charge in [-0.3, -0.25) is 24.0 Å². The molecule has 1 amide bonds. The standard InChI is InChI=1S/C39H55NO10/c1-21(19-47-30(44)18-40-34(46)50-35(6,7)8)22(2)32(45)33(49-25(5)42)31-28(48-24(4)41)17-37(10)29-12-11-26-23(3)27(43)13-14-38(26)20-39(29,38)16-15-36(31,37)9/h13-14,21,23,26,28-29,31,33H,2,11-12,15-20H2,1,3-10H3,(H,40,46)/t21-,23-,26-,28-,29-,31?,33+,36+,37-,38+,39-/m0/s1. The van der Waals surface area contributed by atoms with E-state index >= 15 is 0 Å². The van der Waals surface area contributed by atoms with Gasteiger partial charge in [0.05, 0.1) is 6.61 Å². The van der Waals surface area contributed by atoms with Crippen LogP contribution in [0.3, 0.4) is 0 Å². The van der Waals surface area contributed by atoms with E-state index in [9.17, 15) is 28.8 Å². The van der Waals surface area contributed by atoms with E-state index < -0.39 is 71.4 Å². The average molecular weight is 698 g/mol. The number of rotatable bonds is 10. The Morgan fingerprint density at radius 2 is 1.72 bits per heavy atom. The Hall–Kier alpha value is -3.50. The molecule has 0 aromatic carbocycles. The van der Waals surface area contributed by atoms with Crippen molar-refractivity contribution in [3.8, 4) is 0 Å². The summed E-state index contributed by atoms with van der Waals surface area (Å²) < 4.78 is 22.4. The van der Waals surface area contributed by atoms with Crippen LogP contribution in [0.2, 0.25) is 0 Å². The van der Waals surface area contributed by atoms with Gasteiger partial charge >= 0.3 is 24.0 Å². The molecule has 0 aromatic heterocycles. The van der Waals surface area contributed by atoms with Crippen LogP contribution in [0.15, 0.2) is 24.3 Å². The van der Waals surface area contributed by atoms with E-state index in [0.717, 1.165) is 32.1 Å². The number of carbonyl (C=O) groups excluding carboxylic acids is 6. The normalized spacial score (nSPS) is 37.8. The van der Waals surface area contributed by atoms with Gasteiger partial charge in [-0.15, -0.1) is 0 Å². The van der Waals surface area contributed by atoms with Gasteiger partial charge in [-0.1, -0.05) is 40.3 Å². The number of carbonyl (C=O) groups is 6. The molecule has 11 nitrogen and oxygen atoms in total. The second-order valence-corrected chi connectivity index (χ2v) is 17.2. The Morgan fingerprint density at radius 1 is 1.04 bits per heavy atom. The Labute approximate surface area is 295 Å². The number of hydrogen-bond donors (Lipinski definition) is 1. The maximum Gasteiger partial charge on any atom is 0.408 e. The number of ether oxygens (including phenoxy) is 4. The number of allylic oxidation sites excluding steroid dienone is 2. The molecule has 2 spiro atoms. The maximum atomic E-state index is 14.4. The maximum absolute atomic E-state index is 14.4. The molecule has 0 heterocycles. The third-order valence-electron chi connectivity index (χ3n) is 13.4. The van der Waals surface area contributed by atoms with Crippen LogP contribution < -0.4 is 5.32 Å². The number of Topliss-reactive ketones (excluding diaryl/α,β-unsaturated/α-hetero) is 1. The third-order valence-corrected chi connectivity index (χ3v) is 13.4. The summed E-state index contributed by atoms with van der Waals surface area (Å²) in [6, 6.07) is 0. The van der Waals surface area contributed by atoms with Crippen LogP contribution in [0.5, 0.6) is 0 Å². The molecule has 0 aromatic rings. The molecule has 11 heteroatoms. The molecular formula is C39H55NO10. The smallest absolute Gasteiger partial charge is 0.408 e. The molecule has 5 aliphatic rings. The average Bonchev–Trinajstić information content (AvgIpc) is 3.62. The van der Waals surface area contributed by atoms with Crippen molar-refractivity contribution in [2.24, 2.45) is 51.2 Å². The molecule has 11 atom stereocenters. The van der Waals surface area contributed by atoms with Crippen LogP contribution in [0, 0.1) is 51.2 Å². The highest BCUT2D eigenvalue weighted by Gasteiger charge is 2.82. The first-order valence-corrected chi connectivity index (χ1v) is 18.1. The number of esters is 3. The van der Waals surface area contributed by atoms with Crippen molar-refractivity contribution in [1.29, 1.82) is 0 Å². The molecule has 1 unspecified atom stereocenters. The van der Waals surface area contributed by atoms with E-state index in [1.165, 1.54) is 13.8 Å². The lowest BCUT2D eigenvalue weighted by Gasteiger charge is -2.60. The van der Waals surface area contributed by atoms with Crippen molar-refractivity contribution >= 4 is 35.6 Å². The number of hydrogen-bond acceptors (Lipinski definition) is 10. The summed E-state index contributed by atoms with van der Waals surface area (Å²) in [7, 11) is 0. The van der Waals surface area contributed by atoms with E-state index in [1.54, 1.807) is 33.8 Å². The highest BCUT2D eigenvalue weighted by Crippen LogP contribution is 2.87. The van der Waals surface area contributed by atoms with Crippen molar-refractivity contribution in [2.45, 2.75) is 119 Å². The lowest BCUT2D eigenvalue weighted by molar-refractivity contribution is -0.173. The molecule has 0 radical (unpaired) electrons. The van der Waals surface area contributed by atoms with Gasteiger partial charge in [0.15, 0.2) is 17.7 Å². The quantitative estimate of drug-likeness (QED) is 0.171. The molecule has 0 bridgehead atoms. The molecule has 4 fully saturated rings. The molecule has 276 valence electrons. The summed E-state index contributed by atoms with van der Waals surface area (Å²) in [6.07, 6.45) is 6.36. The zero-order chi connectivity index (χ0) is 37.2. The topological polar surface area (TPSA) is 151 Å². The predicted octanol–water partition coefficient (Wildman–Crippen LogP) is 5.68. The number of fused-ring (bicyclic) bond motifs is 2. The van der Waals surface area contributed by atoms with E-state index in [2.05, 4.69) is 38.7 Å². The SMILES string of the molecule is C=C(C(=O)[C@H](OC(C)=O)C1[C@@H](OC(C)=O)C[C@@]2(C)[C@@H]3CC[C@H]4[C@H](C)C(=O)C=C[C@@]45C[C@@]35CC[C@]12C)[C@@H](C)COC(=O)CNC(=O)OC(C)(C)C. The molecule has 4 saturated carbocycles. The fourth-order valence-corrected chi connectivity index (χ4v) is 11.0. The molecule has 1 N–H and O–H groups in total. The zero-order valence-corrected chi connectivity index (χ0v) is 31.1. The number of alkyl carbamates (subject to hydrolysis) is 1. The van der Waals surface area contributed by atoms with Gasteiger partial charge in [-0.25, -0.2) is 4.79 Å². The molecular weight excluding hydrogens is 642 g/mol. The van der Waals surface area contributed by atoms with Crippen LogP contribution in [0.1, 0.15) is 101 Å². The molecule has 50 heavy (non-hydrogen) atoms. The van der Waals surface area contributed by atoms with E-state index in [0.29, 0.717) is 12.3 Å². The van der Waals surface area contributed by atoms with Crippen molar-refractivity contribution in [1.82, 2.24) is 5.32 Å². The van der Waals surface area contributed by atoms with Crippen molar-refractivity contribution < 1.29 is 47.7 Å². The number of ketones is 2. The fraction of sp³-hybridized carbons (Fsp3) is 0.744. The van der Waals surface area contributed by atoms with E-state index in [4.69, 9.17) is 18.9 Å². The second kappa shape index (κ2) is 12.9. The van der Waals surface area contributed by atoms with E-state index in [1.807, 2.05) is 0 Å². The predicted molar refractivity (Wildman–Crippen MR) is 182 cm³/mol. The van der Waals surface area contributed by atoms with Gasteiger partial charge in [0.25, 0.3) is 0 Å². The number of amides is 1. The second-order valence-electron chi connectivity index (χ2n) is 17.2. The summed E-state index contributed by atoms with van der Waals surface area (Å²) in [6.45, 7) is 19.3. The van der Waals surface area contributed by atoms with Crippen LogP contribution in [-0.4, -0.2) is 66.5 Å². The zero-order valence-electron chi connectivity index (χ0n) is 31.1. The van der Waals surface area contributed by atoms with Crippen molar-refractivity contribution in [3.63, 3.8) is 0 Å². The van der Waals surface area contributed by atoms with Gasteiger partial charge in [0.1, 0.15) is 18.2 Å². The monoisotopic (exact) mass is 697 g/mol. The van der Waals surface area contributed by atoms with Gasteiger partial charge in [-0.05, 0) is 104 Å². The lowest BCUT2D eigenvalue weighted by atomic mass is 9.43. The first kappa shape index (κ1) is 37.7. The number of nitrogens with one attached hydrogen (secondary N) is 1. The Morgan fingerprint density at radius 3 is 2.34 bits per heavy atom. The van der Waals surface area contributed by atoms with Gasteiger partial charge in [-0.2, -0.15) is 0 Å². The van der Waals surface area contributed by atoms with Gasteiger partial charge in [0.2, 0.25) is 0 Å². The first-order valence-electron chi connectivity index (χ1n) is 18.1. The minimum absolute atomic E-state index is 0.00829. The van der Waals surface area contributed by atoms with Crippen LogP contribution in [-0.2, 0) is 42.9 Å². The summed E-state index contributed by atoms with van der Waals surface area (Å²) >= 11 is 0. The van der Waals surface area contributed by atoms with Gasteiger partial charge in [0, 0.05) is 31.6 Å². The van der Waals surface area contributed by atoms with Crippen LogP contribution >= 0.6 is 0 Å². The Kier molecular flexibility index (Phi) is 9.76. The Balaban J connectivity index is 1.37. The minimum atomic E-state index is -1.27. The van der Waals surface area contributed by atoms with Gasteiger partial charge < -0.3 is 24.3 Å². The van der Waals surface area contributed by atoms with Crippen molar-refractivity contribution in [3.05, 3.63) is 24.3 Å². The van der Waals surface area contributed by atoms with Crippen LogP contribution in [0.25, 0.3) is 0 Å². The highest BCUT2D eigenvalue weighted by atomic mass is 16.6. The highest BCUT2D eigenvalue weighted by molar-refractivity contribution is 6.00.